The molecule has 1 aromatic carbocycles. The Bertz CT molecular complexity index is 1230. The zero-order valence-corrected chi connectivity index (χ0v) is 27.6. The summed E-state index contributed by atoms with van der Waals surface area (Å²) in [5.74, 6) is -3.22. The van der Waals surface area contributed by atoms with Crippen molar-refractivity contribution in [1.29, 1.82) is 0 Å². The van der Waals surface area contributed by atoms with Gasteiger partial charge >= 0.3 is 267 Å². The van der Waals surface area contributed by atoms with Crippen LogP contribution in [0.25, 0.3) is 0 Å². The average Bonchev–Trinajstić information content (AvgIpc) is 3.41. The molecular weight excluding hydrogens is 665 g/mol. The van der Waals surface area contributed by atoms with Gasteiger partial charge in [-0.15, -0.1) is 0 Å². The first kappa shape index (κ1) is 35.2. The van der Waals surface area contributed by atoms with Crippen LogP contribution in [0.15, 0.2) is 24.3 Å². The van der Waals surface area contributed by atoms with Crippen LogP contribution in [0.4, 0.5) is 5.69 Å². The number of para-hydroxylation sites is 1. The standard InChI is InChI=1S/C29H39NO14Se/c1-15(31)37-12-22-25(38-14-36-6)24(39-16(2)32)18(13-45-23-10-8-7-9-19(23)30(34)35)20(41-22)11-21-26(40-17(3)33)27-28(42-21)44-29(4,5)43-27/h7-10,18,20-22,24-28H,11-14H2,1-6H3/t18-,20-,21-,22-,24-,25-,26+,27-,28-/m1/s1. The van der Waals surface area contributed by atoms with Crippen LogP contribution in [-0.2, 0) is 57.0 Å². The van der Waals surface area contributed by atoms with Gasteiger partial charge in [-0.1, -0.05) is 0 Å². The molecule has 0 unspecified atom stereocenters. The van der Waals surface area contributed by atoms with E-state index in [1.54, 1.807) is 32.0 Å². The molecule has 3 aliphatic heterocycles. The number of ether oxygens (including phenoxy) is 9. The van der Waals surface area contributed by atoms with E-state index in [2.05, 4.69) is 0 Å². The first-order chi connectivity index (χ1) is 21.3. The molecule has 250 valence electrons. The third-order valence-corrected chi connectivity index (χ3v) is 9.95. The van der Waals surface area contributed by atoms with Gasteiger partial charge in [-0.2, -0.15) is 0 Å². The normalized spacial score (nSPS) is 32.0. The Morgan fingerprint density at radius 1 is 0.933 bits per heavy atom. The Morgan fingerprint density at radius 3 is 2.27 bits per heavy atom. The van der Waals surface area contributed by atoms with Crippen LogP contribution in [0.1, 0.15) is 41.0 Å². The number of carbonyl (C=O) groups excluding carboxylic acids is 3. The SMILES string of the molecule is COCO[C@H]1[C@H](OC(C)=O)[C@H](C[Se]c2ccccc2[N+](=O)[O-])[C@@H](C[C@H]2O[C@@H]3OC(C)(C)O[C@@H]3[C@H]2OC(C)=O)O[C@@H]1COC(C)=O. The monoisotopic (exact) mass is 705 g/mol. The van der Waals surface area contributed by atoms with Crippen LogP contribution in [0.5, 0.6) is 0 Å². The van der Waals surface area contributed by atoms with E-state index < -0.39 is 98.5 Å². The van der Waals surface area contributed by atoms with Gasteiger partial charge in [-0.05, 0) is 0 Å². The maximum atomic E-state index is 12.5. The van der Waals surface area contributed by atoms with E-state index in [4.69, 9.17) is 42.6 Å². The van der Waals surface area contributed by atoms with Gasteiger partial charge in [0.1, 0.15) is 0 Å². The van der Waals surface area contributed by atoms with Gasteiger partial charge in [0.05, 0.1) is 0 Å². The van der Waals surface area contributed by atoms with Crippen LogP contribution in [0, 0.1) is 16.0 Å². The summed E-state index contributed by atoms with van der Waals surface area (Å²) in [6.45, 7) is 6.85. The van der Waals surface area contributed by atoms with Crippen molar-refractivity contribution in [2.45, 2.75) is 101 Å². The number of carbonyl (C=O) groups is 3. The number of benzene rings is 1. The fourth-order valence-electron chi connectivity index (χ4n) is 5.75. The number of methoxy groups -OCH3 is 1. The van der Waals surface area contributed by atoms with Crippen molar-refractivity contribution in [3.63, 3.8) is 0 Å². The molecule has 15 nitrogen and oxygen atoms in total. The number of hydrogen-bond donors (Lipinski definition) is 0. The van der Waals surface area contributed by atoms with E-state index in [0.717, 1.165) is 0 Å². The van der Waals surface area contributed by atoms with Crippen molar-refractivity contribution >= 4 is 43.0 Å². The van der Waals surface area contributed by atoms with E-state index >= 15 is 0 Å². The molecule has 45 heavy (non-hydrogen) atoms. The summed E-state index contributed by atoms with van der Waals surface area (Å²) in [7, 11) is 1.43. The quantitative estimate of drug-likeness (QED) is 0.0719. The molecule has 3 fully saturated rings. The molecule has 0 radical (unpaired) electrons. The van der Waals surface area contributed by atoms with Crippen molar-refractivity contribution < 1.29 is 61.9 Å². The van der Waals surface area contributed by atoms with Crippen molar-refractivity contribution in [2.24, 2.45) is 5.92 Å². The minimum atomic E-state index is -0.961. The molecule has 0 saturated carbocycles. The Kier molecular flexibility index (Phi) is 11.9. The van der Waals surface area contributed by atoms with E-state index in [1.807, 2.05) is 0 Å². The molecule has 0 amide bonds. The summed E-state index contributed by atoms with van der Waals surface area (Å²) in [5.41, 5.74) is -0.0199. The summed E-state index contributed by atoms with van der Waals surface area (Å²) < 4.78 is 53.1. The molecular formula is C29H39NO14Se. The fraction of sp³-hybridized carbons (Fsp3) is 0.690. The first-order valence-electron chi connectivity index (χ1n) is 14.4. The number of nitrogens with zero attached hydrogens (tertiary/aromatic N) is 1. The van der Waals surface area contributed by atoms with Gasteiger partial charge in [-0.25, -0.2) is 0 Å². The van der Waals surface area contributed by atoms with Crippen LogP contribution in [0.3, 0.4) is 0 Å². The Morgan fingerprint density at radius 2 is 1.62 bits per heavy atom. The number of nitro benzene ring substituents is 1. The molecule has 3 saturated heterocycles. The van der Waals surface area contributed by atoms with E-state index in [9.17, 15) is 24.5 Å². The number of rotatable bonds is 13. The van der Waals surface area contributed by atoms with E-state index in [0.29, 0.717) is 9.78 Å². The number of fused-ring (bicyclic) bond motifs is 1. The predicted octanol–water partition coefficient (Wildman–Crippen LogP) is 1.41. The molecule has 0 aliphatic carbocycles. The average molecular weight is 705 g/mol. The second-order valence-electron chi connectivity index (χ2n) is 11.3. The van der Waals surface area contributed by atoms with Crippen LogP contribution >= 0.6 is 0 Å². The van der Waals surface area contributed by atoms with Crippen molar-refractivity contribution in [3.05, 3.63) is 34.4 Å². The van der Waals surface area contributed by atoms with Crippen molar-refractivity contribution in [3.8, 4) is 0 Å². The number of nitro groups is 1. The van der Waals surface area contributed by atoms with Crippen molar-refractivity contribution in [1.82, 2.24) is 0 Å². The zero-order valence-electron chi connectivity index (χ0n) is 25.9. The van der Waals surface area contributed by atoms with Crippen LogP contribution in [0.2, 0.25) is 5.32 Å². The summed E-state index contributed by atoms with van der Waals surface area (Å²) >= 11 is -0.485. The Labute approximate surface area is 266 Å². The third kappa shape index (κ3) is 8.98. The van der Waals surface area contributed by atoms with Crippen LogP contribution < -0.4 is 4.46 Å². The summed E-state index contributed by atoms with van der Waals surface area (Å²) in [6.07, 6.45) is -6.48. The summed E-state index contributed by atoms with van der Waals surface area (Å²) in [5, 5.41) is 12.1. The molecule has 0 spiro atoms. The molecule has 0 N–H and O–H groups in total. The van der Waals surface area contributed by atoms with E-state index in [-0.39, 0.29) is 25.5 Å². The van der Waals surface area contributed by atoms with Gasteiger partial charge < -0.3 is 0 Å². The van der Waals surface area contributed by atoms with Gasteiger partial charge in [0.15, 0.2) is 0 Å². The molecule has 0 bridgehead atoms. The maximum absolute atomic E-state index is 12.5. The second kappa shape index (κ2) is 15.3. The molecule has 1 aromatic rings. The van der Waals surface area contributed by atoms with Gasteiger partial charge in [0.2, 0.25) is 0 Å². The molecule has 16 heteroatoms. The van der Waals surface area contributed by atoms with Crippen molar-refractivity contribution in [2.75, 3.05) is 20.5 Å². The molecule has 0 aromatic heterocycles. The minimum absolute atomic E-state index is 0.0199. The van der Waals surface area contributed by atoms with Gasteiger partial charge in [0, 0.05) is 0 Å². The van der Waals surface area contributed by atoms with Gasteiger partial charge in [0.25, 0.3) is 0 Å². The predicted molar refractivity (Wildman–Crippen MR) is 153 cm³/mol. The Balaban J connectivity index is 1.69. The summed E-state index contributed by atoms with van der Waals surface area (Å²) in [6, 6.07) is 6.44. The number of esters is 3. The molecule has 3 heterocycles. The summed E-state index contributed by atoms with van der Waals surface area (Å²) in [4.78, 5) is 47.7. The zero-order chi connectivity index (χ0) is 32.9. The van der Waals surface area contributed by atoms with Gasteiger partial charge in [-0.3, -0.25) is 0 Å². The third-order valence-electron chi connectivity index (χ3n) is 7.42. The fourth-order valence-corrected chi connectivity index (χ4v) is 8.35. The topological polar surface area (TPSA) is 177 Å². The second-order valence-corrected chi connectivity index (χ2v) is 13.5. The molecule has 4 rings (SSSR count). The molecule has 9 atom stereocenters. The number of hydrogen-bond acceptors (Lipinski definition) is 14. The molecule has 3 aliphatic rings. The van der Waals surface area contributed by atoms with E-state index in [1.165, 1.54) is 33.9 Å². The van der Waals surface area contributed by atoms with Crippen LogP contribution in [-0.4, -0.2) is 113 Å². The Hall–Kier alpha value is -2.69. The first-order valence-corrected chi connectivity index (χ1v) is 16.5.